The van der Waals surface area contributed by atoms with Gasteiger partial charge in [-0.15, -0.1) is 0 Å². The number of phenolic OH excluding ortho intramolecular Hbond substituents is 1. The predicted octanol–water partition coefficient (Wildman–Crippen LogP) is 4.78. The highest BCUT2D eigenvalue weighted by Crippen LogP contribution is 2.28. The van der Waals surface area contributed by atoms with E-state index in [0.717, 1.165) is 59.7 Å². The molecule has 1 aromatic heterocycles. The lowest BCUT2D eigenvalue weighted by Crippen LogP contribution is -2.31. The van der Waals surface area contributed by atoms with Crippen LogP contribution in [0.4, 0.5) is 11.8 Å². The van der Waals surface area contributed by atoms with E-state index in [1.165, 1.54) is 18.4 Å². The van der Waals surface area contributed by atoms with Crippen LogP contribution in [0.15, 0.2) is 36.4 Å². The van der Waals surface area contributed by atoms with Crippen LogP contribution in [0.2, 0.25) is 0 Å². The lowest BCUT2D eigenvalue weighted by molar-refractivity contribution is 0.323. The molecule has 3 aromatic rings. The van der Waals surface area contributed by atoms with Gasteiger partial charge >= 0.3 is 0 Å². The summed E-state index contributed by atoms with van der Waals surface area (Å²) in [7, 11) is 4.05. The zero-order chi connectivity index (χ0) is 22.7. The Morgan fingerprint density at radius 3 is 2.38 bits per heavy atom. The fraction of sp³-hybridized carbons (Fsp3) is 0.462. The van der Waals surface area contributed by atoms with Gasteiger partial charge in [0.25, 0.3) is 0 Å². The zero-order valence-corrected chi connectivity index (χ0v) is 19.7. The van der Waals surface area contributed by atoms with Crippen molar-refractivity contribution in [1.29, 1.82) is 0 Å². The number of aromatic hydroxyl groups is 1. The molecule has 6 nitrogen and oxygen atoms in total. The summed E-state index contributed by atoms with van der Waals surface area (Å²) in [4.78, 5) is 11.6. The standard InChI is InChI=1S/C26H35N5O/c1-17-13-20(14-18(2)24(17)32)16-27-15-19-9-11-21(12-10-19)28-26-29-23-8-6-5-7-22(23)25(30-26)31(3)4/h5-8,13-14,19,21,27,32H,9-12,15-16H2,1-4H3,(H,28,29,30). The fourth-order valence-corrected chi connectivity index (χ4v) is 4.73. The monoisotopic (exact) mass is 433 g/mol. The lowest BCUT2D eigenvalue weighted by Gasteiger charge is -2.29. The van der Waals surface area contributed by atoms with Crippen molar-refractivity contribution in [2.45, 2.75) is 52.1 Å². The molecule has 3 N–H and O–H groups in total. The van der Waals surface area contributed by atoms with E-state index in [1.54, 1.807) is 0 Å². The molecule has 0 aliphatic heterocycles. The van der Waals surface area contributed by atoms with Gasteiger partial charge in [0.05, 0.1) is 5.52 Å². The largest absolute Gasteiger partial charge is 0.507 e. The molecule has 6 heteroatoms. The summed E-state index contributed by atoms with van der Waals surface area (Å²) in [6, 6.07) is 12.7. The number of para-hydroxylation sites is 1. The smallest absolute Gasteiger partial charge is 0.225 e. The SMILES string of the molecule is Cc1cc(CNCC2CCC(Nc3nc(N(C)C)c4ccccc4n3)CC2)cc(C)c1O. The summed E-state index contributed by atoms with van der Waals surface area (Å²) < 4.78 is 0. The van der Waals surface area contributed by atoms with E-state index >= 15 is 0 Å². The summed E-state index contributed by atoms with van der Waals surface area (Å²) in [5.41, 5.74) is 4.10. The Morgan fingerprint density at radius 1 is 1.00 bits per heavy atom. The van der Waals surface area contributed by atoms with Crippen LogP contribution in [0.25, 0.3) is 10.9 Å². The van der Waals surface area contributed by atoms with Crippen LogP contribution in [0, 0.1) is 19.8 Å². The molecule has 0 radical (unpaired) electrons. The first-order valence-corrected chi connectivity index (χ1v) is 11.6. The summed E-state index contributed by atoms with van der Waals surface area (Å²) in [6.45, 7) is 5.79. The van der Waals surface area contributed by atoms with E-state index in [1.807, 2.05) is 40.1 Å². The van der Waals surface area contributed by atoms with Crippen molar-refractivity contribution in [3.05, 3.63) is 53.1 Å². The molecule has 0 bridgehead atoms. The van der Waals surface area contributed by atoms with Gasteiger partial charge in [-0.05, 0) is 80.8 Å². The number of phenols is 1. The van der Waals surface area contributed by atoms with Crippen molar-refractivity contribution in [3.63, 3.8) is 0 Å². The highest BCUT2D eigenvalue weighted by atomic mass is 16.3. The Bertz CT molecular complexity index is 1050. The zero-order valence-electron chi connectivity index (χ0n) is 19.7. The van der Waals surface area contributed by atoms with Gasteiger partial charge in [0, 0.05) is 32.1 Å². The second-order valence-electron chi connectivity index (χ2n) is 9.35. The van der Waals surface area contributed by atoms with Crippen LogP contribution in [0.5, 0.6) is 5.75 Å². The molecule has 170 valence electrons. The highest BCUT2D eigenvalue weighted by Gasteiger charge is 2.22. The fourth-order valence-electron chi connectivity index (χ4n) is 4.73. The van der Waals surface area contributed by atoms with Gasteiger partial charge in [-0.1, -0.05) is 24.3 Å². The van der Waals surface area contributed by atoms with Gasteiger partial charge in [0.1, 0.15) is 11.6 Å². The minimum atomic E-state index is 0.410. The lowest BCUT2D eigenvalue weighted by atomic mass is 9.86. The summed E-state index contributed by atoms with van der Waals surface area (Å²) in [6.07, 6.45) is 4.67. The molecule has 1 aliphatic rings. The number of nitrogens with one attached hydrogen (secondary N) is 2. The second-order valence-corrected chi connectivity index (χ2v) is 9.35. The molecule has 0 amide bonds. The average molecular weight is 434 g/mol. The Balaban J connectivity index is 1.29. The molecule has 1 aliphatic carbocycles. The third-order valence-corrected chi connectivity index (χ3v) is 6.50. The minimum absolute atomic E-state index is 0.410. The van der Waals surface area contributed by atoms with Gasteiger partial charge in [0.15, 0.2) is 0 Å². The average Bonchev–Trinajstić information content (AvgIpc) is 2.78. The molecule has 0 spiro atoms. The molecular formula is C26H35N5O. The van der Waals surface area contributed by atoms with Crippen molar-refractivity contribution in [1.82, 2.24) is 15.3 Å². The number of aryl methyl sites for hydroxylation is 2. The number of fused-ring (bicyclic) bond motifs is 1. The number of hydrogen-bond acceptors (Lipinski definition) is 6. The number of rotatable bonds is 7. The maximum Gasteiger partial charge on any atom is 0.225 e. The van der Waals surface area contributed by atoms with Crippen LogP contribution >= 0.6 is 0 Å². The third kappa shape index (κ3) is 5.13. The Morgan fingerprint density at radius 2 is 1.69 bits per heavy atom. The quantitative estimate of drug-likeness (QED) is 0.498. The molecule has 1 heterocycles. The van der Waals surface area contributed by atoms with Crippen LogP contribution < -0.4 is 15.5 Å². The van der Waals surface area contributed by atoms with Gasteiger partial charge in [0.2, 0.25) is 5.95 Å². The third-order valence-electron chi connectivity index (χ3n) is 6.50. The molecule has 4 rings (SSSR count). The van der Waals surface area contributed by atoms with Crippen molar-refractivity contribution in [3.8, 4) is 5.75 Å². The molecule has 1 saturated carbocycles. The molecule has 1 fully saturated rings. The van der Waals surface area contributed by atoms with Gasteiger partial charge in [-0.25, -0.2) is 4.98 Å². The van der Waals surface area contributed by atoms with E-state index in [2.05, 4.69) is 39.8 Å². The normalized spacial score (nSPS) is 18.6. The Hall–Kier alpha value is -2.86. The van der Waals surface area contributed by atoms with Crippen LogP contribution in [0.1, 0.15) is 42.4 Å². The number of aromatic nitrogens is 2. The van der Waals surface area contributed by atoms with Gasteiger partial charge in [-0.3, -0.25) is 0 Å². The molecule has 0 unspecified atom stereocenters. The predicted molar refractivity (Wildman–Crippen MR) is 133 cm³/mol. The number of nitrogens with zero attached hydrogens (tertiary/aromatic N) is 3. The number of benzene rings is 2. The highest BCUT2D eigenvalue weighted by molar-refractivity contribution is 5.90. The van der Waals surface area contributed by atoms with Crippen molar-refractivity contribution in [2.75, 3.05) is 30.9 Å². The first kappa shape index (κ1) is 22.3. The first-order valence-electron chi connectivity index (χ1n) is 11.6. The van der Waals surface area contributed by atoms with E-state index in [-0.39, 0.29) is 0 Å². The molecular weight excluding hydrogens is 398 g/mol. The molecule has 0 atom stereocenters. The van der Waals surface area contributed by atoms with Crippen molar-refractivity contribution < 1.29 is 5.11 Å². The van der Waals surface area contributed by atoms with Crippen LogP contribution in [-0.2, 0) is 6.54 Å². The topological polar surface area (TPSA) is 73.3 Å². The van der Waals surface area contributed by atoms with Crippen LogP contribution in [0.3, 0.4) is 0 Å². The van der Waals surface area contributed by atoms with E-state index in [0.29, 0.717) is 17.7 Å². The van der Waals surface area contributed by atoms with E-state index in [9.17, 15) is 5.11 Å². The van der Waals surface area contributed by atoms with Crippen LogP contribution in [-0.4, -0.2) is 41.8 Å². The molecule has 0 saturated heterocycles. The second kappa shape index (κ2) is 9.74. The maximum atomic E-state index is 9.95. The maximum absolute atomic E-state index is 9.95. The minimum Gasteiger partial charge on any atom is -0.507 e. The molecule has 32 heavy (non-hydrogen) atoms. The Kier molecular flexibility index (Phi) is 6.80. The van der Waals surface area contributed by atoms with Gasteiger partial charge in [-0.2, -0.15) is 4.98 Å². The number of hydrogen-bond donors (Lipinski definition) is 3. The van der Waals surface area contributed by atoms with E-state index in [4.69, 9.17) is 9.97 Å². The first-order chi connectivity index (χ1) is 15.4. The number of anilines is 2. The van der Waals surface area contributed by atoms with Gasteiger partial charge < -0.3 is 20.6 Å². The van der Waals surface area contributed by atoms with E-state index < -0.39 is 0 Å². The summed E-state index contributed by atoms with van der Waals surface area (Å²) in [5.74, 6) is 2.79. The van der Waals surface area contributed by atoms with Crippen molar-refractivity contribution >= 4 is 22.7 Å². The van der Waals surface area contributed by atoms with Crippen molar-refractivity contribution in [2.24, 2.45) is 5.92 Å². The molecule has 2 aromatic carbocycles. The summed E-state index contributed by atoms with van der Waals surface area (Å²) in [5, 5.41) is 18.2. The summed E-state index contributed by atoms with van der Waals surface area (Å²) >= 11 is 0. The Labute approximate surface area is 191 Å².